The Morgan fingerprint density at radius 1 is 1.02 bits per heavy atom. The van der Waals surface area contributed by atoms with Gasteiger partial charge in [0.1, 0.15) is 29.6 Å². The average molecular weight is 670 g/mol. The van der Waals surface area contributed by atoms with Gasteiger partial charge in [-0.15, -0.1) is 0 Å². The number of halogens is 6. The van der Waals surface area contributed by atoms with E-state index in [1.165, 1.54) is 40.7 Å². The molecule has 3 aromatic rings. The second-order valence-corrected chi connectivity index (χ2v) is 12.1. The highest BCUT2D eigenvalue weighted by atomic mass is 32.2. The molecule has 0 aliphatic carbocycles. The summed E-state index contributed by atoms with van der Waals surface area (Å²) in [6, 6.07) is 7.27. The number of alkyl halides is 4. The lowest BCUT2D eigenvalue weighted by molar-refractivity contribution is -0.122. The molecule has 1 aliphatic rings. The van der Waals surface area contributed by atoms with Gasteiger partial charge in [0.15, 0.2) is 0 Å². The van der Waals surface area contributed by atoms with Crippen molar-refractivity contribution in [3.05, 3.63) is 101 Å². The Morgan fingerprint density at radius 3 is 2.22 bits per heavy atom. The minimum absolute atomic E-state index is 0.0139. The van der Waals surface area contributed by atoms with E-state index in [4.69, 9.17) is 10.1 Å². The quantitative estimate of drug-likeness (QED) is 0.150. The number of ether oxygens (including phenoxy) is 1. The number of nitrogens with one attached hydrogen (secondary N) is 2. The number of sulfonamides is 1. The number of benzene rings is 2. The largest absolute Gasteiger partial charge is 0.379 e. The third kappa shape index (κ3) is 8.30. The number of allylic oxidation sites excluding steroid dienone is 2. The third-order valence-corrected chi connectivity index (χ3v) is 8.88. The van der Waals surface area contributed by atoms with Crippen LogP contribution in [0.3, 0.4) is 0 Å². The fraction of sp³-hybridized carbons (Fsp3) is 0.300. The van der Waals surface area contributed by atoms with Crippen LogP contribution in [-0.4, -0.2) is 66.5 Å². The second kappa shape index (κ2) is 14.9. The number of hydrogen-bond donors (Lipinski definition) is 2. The van der Waals surface area contributed by atoms with Crippen LogP contribution in [0, 0.1) is 17.0 Å². The van der Waals surface area contributed by atoms with Crippen LogP contribution in [0.2, 0.25) is 0 Å². The molecule has 1 atom stereocenters. The fourth-order valence-electron chi connectivity index (χ4n) is 4.82. The van der Waals surface area contributed by atoms with Gasteiger partial charge in [-0.3, -0.25) is 9.48 Å². The molecule has 0 saturated carbocycles. The first-order valence-corrected chi connectivity index (χ1v) is 15.2. The summed E-state index contributed by atoms with van der Waals surface area (Å²) in [4.78, 5) is 13.0. The van der Waals surface area contributed by atoms with Crippen LogP contribution in [0.15, 0.2) is 72.2 Å². The lowest BCUT2D eigenvalue weighted by Gasteiger charge is -2.26. The average Bonchev–Trinajstić information content (AvgIpc) is 3.43. The van der Waals surface area contributed by atoms with E-state index < -0.39 is 64.4 Å². The molecule has 2 heterocycles. The molecule has 0 unspecified atom stereocenters. The van der Waals surface area contributed by atoms with Crippen LogP contribution in [0.1, 0.15) is 35.4 Å². The Balaban J connectivity index is 1.64. The van der Waals surface area contributed by atoms with Gasteiger partial charge in [-0.1, -0.05) is 30.9 Å². The van der Waals surface area contributed by atoms with Crippen LogP contribution in [0.5, 0.6) is 0 Å². The molecule has 2 N–H and O–H groups in total. The highest BCUT2D eigenvalue weighted by Crippen LogP contribution is 2.26. The summed E-state index contributed by atoms with van der Waals surface area (Å²) in [5.41, 5.74) is -1.71. The number of carbonyl (C=O) groups excluding carboxylic acids is 1. The molecule has 1 aliphatic heterocycles. The first kappa shape index (κ1) is 34.6. The predicted molar refractivity (Wildman–Crippen MR) is 156 cm³/mol. The van der Waals surface area contributed by atoms with Gasteiger partial charge in [-0.25, -0.2) is 34.8 Å². The summed E-state index contributed by atoms with van der Waals surface area (Å²) in [6.45, 7) is 3.57. The van der Waals surface area contributed by atoms with Gasteiger partial charge < -0.3 is 15.5 Å². The van der Waals surface area contributed by atoms with E-state index in [0.717, 1.165) is 12.1 Å². The highest BCUT2D eigenvalue weighted by molar-refractivity contribution is 7.89. The third-order valence-electron chi connectivity index (χ3n) is 6.96. The van der Waals surface area contributed by atoms with Gasteiger partial charge >= 0.3 is 0 Å². The molecular formula is C30H29F6N5O4S. The van der Waals surface area contributed by atoms with E-state index in [1.807, 2.05) is 0 Å². The van der Waals surface area contributed by atoms with Crippen molar-refractivity contribution in [1.82, 2.24) is 19.4 Å². The molecule has 4 rings (SSSR count). The molecule has 16 heteroatoms. The van der Waals surface area contributed by atoms with Gasteiger partial charge in [-0.2, -0.15) is 9.40 Å². The summed E-state index contributed by atoms with van der Waals surface area (Å²) in [6.07, 6.45) is -4.02. The fourth-order valence-corrected chi connectivity index (χ4v) is 6.22. The molecule has 1 saturated heterocycles. The van der Waals surface area contributed by atoms with Gasteiger partial charge in [0, 0.05) is 24.7 Å². The Morgan fingerprint density at radius 2 is 1.65 bits per heavy atom. The zero-order chi connectivity index (χ0) is 33.6. The lowest BCUT2D eigenvalue weighted by Crippen LogP contribution is -2.44. The number of rotatable bonds is 13. The molecule has 246 valence electrons. The number of aromatic nitrogens is 2. The van der Waals surface area contributed by atoms with Crippen molar-refractivity contribution in [2.45, 2.75) is 36.8 Å². The maximum atomic E-state index is 14.0. The van der Waals surface area contributed by atoms with Crippen LogP contribution < -0.4 is 5.32 Å². The van der Waals surface area contributed by atoms with E-state index in [1.54, 1.807) is 0 Å². The van der Waals surface area contributed by atoms with Crippen molar-refractivity contribution in [2.24, 2.45) is 0 Å². The van der Waals surface area contributed by atoms with E-state index in [9.17, 15) is 39.6 Å². The Labute approximate surface area is 260 Å². The summed E-state index contributed by atoms with van der Waals surface area (Å²) in [5.74, 6) is -2.87. The predicted octanol–water partition coefficient (Wildman–Crippen LogP) is 5.07. The highest BCUT2D eigenvalue weighted by Gasteiger charge is 2.28. The molecule has 46 heavy (non-hydrogen) atoms. The van der Waals surface area contributed by atoms with E-state index in [0.29, 0.717) is 22.4 Å². The van der Waals surface area contributed by atoms with E-state index >= 15 is 0 Å². The molecule has 9 nitrogen and oxygen atoms in total. The van der Waals surface area contributed by atoms with Crippen molar-refractivity contribution in [2.75, 3.05) is 26.3 Å². The van der Waals surface area contributed by atoms with Crippen molar-refractivity contribution in [1.29, 1.82) is 5.41 Å². The summed E-state index contributed by atoms with van der Waals surface area (Å²) in [7, 11) is -3.84. The first-order valence-electron chi connectivity index (χ1n) is 13.8. The Bertz CT molecular complexity index is 1700. The SMILES string of the molecule is C=C/C=C(\C(=N)[C@H](Cc1cc(F)cc(F)c1)NC(=O)Cn1nc(C(F)F)cc1C(F)F)c1ccc(S(=O)(=O)N2CCOCC2)cc1. The van der Waals surface area contributed by atoms with Crippen LogP contribution in [0.4, 0.5) is 26.3 Å². The molecule has 0 spiro atoms. The van der Waals surface area contributed by atoms with Crippen molar-refractivity contribution < 1.29 is 44.3 Å². The van der Waals surface area contributed by atoms with Gasteiger partial charge in [0.25, 0.3) is 12.9 Å². The molecule has 1 amide bonds. The van der Waals surface area contributed by atoms with Crippen molar-refractivity contribution in [3.63, 3.8) is 0 Å². The molecule has 1 aromatic heterocycles. The monoisotopic (exact) mass is 669 g/mol. The number of hydrogen-bond acceptors (Lipinski definition) is 6. The van der Waals surface area contributed by atoms with Crippen molar-refractivity contribution in [3.8, 4) is 0 Å². The molecule has 1 fully saturated rings. The van der Waals surface area contributed by atoms with Gasteiger partial charge in [0.05, 0.1) is 29.9 Å². The lowest BCUT2D eigenvalue weighted by atomic mass is 9.92. The van der Waals surface area contributed by atoms with Crippen LogP contribution in [0.25, 0.3) is 5.57 Å². The second-order valence-electron chi connectivity index (χ2n) is 10.1. The van der Waals surface area contributed by atoms with Crippen molar-refractivity contribution >= 4 is 27.2 Å². The number of nitrogens with zero attached hydrogens (tertiary/aromatic N) is 3. The minimum atomic E-state index is -3.84. The van der Waals surface area contributed by atoms with Crippen LogP contribution >= 0.6 is 0 Å². The standard InChI is InChI=1S/C30H29F6N5O4S/c1-2-3-23(19-4-6-22(7-5-19)46(43,44)40-8-10-45-11-9-40)28(37)24(14-18-12-20(31)15-21(32)13-18)38-27(42)17-41-26(30(35)36)16-25(39-41)29(33)34/h2-7,12-13,15-16,24,29-30,37H,1,8-11,14,17H2,(H,38,42)/b23-3-,37-28?/t24-/m0/s1. The molecule has 2 aromatic carbocycles. The Kier molecular flexibility index (Phi) is 11.2. The smallest absolute Gasteiger partial charge is 0.282 e. The van der Waals surface area contributed by atoms with E-state index in [2.05, 4.69) is 17.0 Å². The minimum Gasteiger partial charge on any atom is -0.379 e. The number of carbonyl (C=O) groups is 1. The van der Waals surface area contributed by atoms with Gasteiger partial charge in [0.2, 0.25) is 15.9 Å². The summed E-state index contributed by atoms with van der Waals surface area (Å²) >= 11 is 0. The molecule has 0 radical (unpaired) electrons. The first-order chi connectivity index (χ1) is 21.8. The number of amides is 1. The zero-order valence-corrected chi connectivity index (χ0v) is 24.9. The maximum Gasteiger partial charge on any atom is 0.282 e. The molecular weight excluding hydrogens is 640 g/mol. The van der Waals surface area contributed by atoms with Crippen LogP contribution in [-0.2, 0) is 32.5 Å². The number of morpholine rings is 1. The maximum absolute atomic E-state index is 14.0. The zero-order valence-electron chi connectivity index (χ0n) is 24.1. The van der Waals surface area contributed by atoms with Gasteiger partial charge in [-0.05, 0) is 47.9 Å². The van der Waals surface area contributed by atoms with E-state index in [-0.39, 0.29) is 54.5 Å². The Hall–Kier alpha value is -4.28. The normalized spacial score (nSPS) is 15.3. The molecule has 0 bridgehead atoms. The summed E-state index contributed by atoms with van der Waals surface area (Å²) < 4.78 is 114. The topological polar surface area (TPSA) is 117 Å². The summed E-state index contributed by atoms with van der Waals surface area (Å²) in [5, 5.41) is 14.8.